The standard InChI is InChI=1S/C18H17N3O2S/c1-12-16(24-17(20-12)13-5-4-10-19-11-13)18(22)21(2)14-6-8-15(23-3)9-7-14/h4-11H,1-3H3. The van der Waals surface area contributed by atoms with E-state index in [1.165, 1.54) is 11.3 Å². The van der Waals surface area contributed by atoms with E-state index >= 15 is 0 Å². The zero-order valence-corrected chi connectivity index (χ0v) is 14.5. The molecule has 6 heteroatoms. The Morgan fingerprint density at radius 2 is 1.96 bits per heavy atom. The molecular formula is C18H17N3O2S. The highest BCUT2D eigenvalue weighted by molar-refractivity contribution is 7.17. The first kappa shape index (κ1) is 16.1. The summed E-state index contributed by atoms with van der Waals surface area (Å²) in [5, 5.41) is 0.798. The predicted octanol–water partition coefficient (Wildman–Crippen LogP) is 3.80. The Morgan fingerprint density at radius 1 is 1.21 bits per heavy atom. The van der Waals surface area contributed by atoms with E-state index in [0.717, 1.165) is 27.7 Å². The van der Waals surface area contributed by atoms with Crippen molar-refractivity contribution in [2.45, 2.75) is 6.92 Å². The summed E-state index contributed by atoms with van der Waals surface area (Å²) in [6.45, 7) is 1.85. The second-order valence-electron chi connectivity index (χ2n) is 5.24. The van der Waals surface area contributed by atoms with Crippen LogP contribution in [0.25, 0.3) is 10.6 Å². The van der Waals surface area contributed by atoms with Gasteiger partial charge in [0.1, 0.15) is 15.6 Å². The van der Waals surface area contributed by atoms with E-state index < -0.39 is 0 Å². The van der Waals surface area contributed by atoms with Crippen LogP contribution < -0.4 is 9.64 Å². The van der Waals surface area contributed by atoms with Gasteiger partial charge < -0.3 is 9.64 Å². The van der Waals surface area contributed by atoms with Crippen molar-refractivity contribution in [3.8, 4) is 16.3 Å². The third-order valence-corrected chi connectivity index (χ3v) is 4.86. The van der Waals surface area contributed by atoms with Gasteiger partial charge in [0.15, 0.2) is 0 Å². The number of rotatable bonds is 4. The van der Waals surface area contributed by atoms with Crippen LogP contribution in [0, 0.1) is 6.92 Å². The van der Waals surface area contributed by atoms with Crippen molar-refractivity contribution in [2.24, 2.45) is 0 Å². The molecule has 3 aromatic rings. The first-order valence-electron chi connectivity index (χ1n) is 7.40. The average molecular weight is 339 g/mol. The molecule has 2 heterocycles. The van der Waals surface area contributed by atoms with Crippen LogP contribution >= 0.6 is 11.3 Å². The number of ether oxygens (including phenoxy) is 1. The van der Waals surface area contributed by atoms with E-state index in [-0.39, 0.29) is 5.91 Å². The van der Waals surface area contributed by atoms with Gasteiger partial charge in [0, 0.05) is 30.7 Å². The summed E-state index contributed by atoms with van der Waals surface area (Å²) >= 11 is 1.38. The van der Waals surface area contributed by atoms with E-state index in [4.69, 9.17) is 4.74 Å². The molecule has 0 aliphatic heterocycles. The lowest BCUT2D eigenvalue weighted by atomic mass is 10.2. The third kappa shape index (κ3) is 3.14. The van der Waals surface area contributed by atoms with Crippen molar-refractivity contribution in [3.63, 3.8) is 0 Å². The number of carbonyl (C=O) groups excluding carboxylic acids is 1. The molecule has 0 saturated heterocycles. The largest absolute Gasteiger partial charge is 0.497 e. The third-order valence-electron chi connectivity index (χ3n) is 3.66. The van der Waals surface area contributed by atoms with Gasteiger partial charge in [-0.25, -0.2) is 4.98 Å². The van der Waals surface area contributed by atoms with Crippen LogP contribution in [0.3, 0.4) is 0 Å². The topological polar surface area (TPSA) is 55.3 Å². The number of nitrogens with zero attached hydrogens (tertiary/aromatic N) is 3. The highest BCUT2D eigenvalue weighted by atomic mass is 32.1. The van der Waals surface area contributed by atoms with Crippen LogP contribution in [0.4, 0.5) is 5.69 Å². The normalized spacial score (nSPS) is 10.5. The Labute approximate surface area is 144 Å². The molecule has 3 rings (SSSR count). The Morgan fingerprint density at radius 3 is 2.58 bits per heavy atom. The second kappa shape index (κ2) is 6.80. The quantitative estimate of drug-likeness (QED) is 0.725. The number of hydrogen-bond acceptors (Lipinski definition) is 5. The summed E-state index contributed by atoms with van der Waals surface area (Å²) in [4.78, 5) is 23.7. The zero-order valence-electron chi connectivity index (χ0n) is 13.7. The number of aryl methyl sites for hydroxylation is 1. The predicted molar refractivity (Wildman–Crippen MR) is 95.8 cm³/mol. The number of pyridine rings is 1. The number of hydrogen-bond donors (Lipinski definition) is 0. The highest BCUT2D eigenvalue weighted by Crippen LogP contribution is 2.29. The van der Waals surface area contributed by atoms with Gasteiger partial charge in [-0.05, 0) is 43.3 Å². The fourth-order valence-corrected chi connectivity index (χ4v) is 3.32. The van der Waals surface area contributed by atoms with Crippen molar-refractivity contribution in [2.75, 3.05) is 19.1 Å². The molecule has 1 aromatic carbocycles. The Bertz CT molecular complexity index is 844. The SMILES string of the molecule is COc1ccc(N(C)C(=O)c2sc(-c3cccnc3)nc2C)cc1. The summed E-state index contributed by atoms with van der Waals surface area (Å²) in [5.74, 6) is 0.678. The molecule has 0 aliphatic rings. The monoisotopic (exact) mass is 339 g/mol. The van der Waals surface area contributed by atoms with E-state index in [1.807, 2.05) is 43.3 Å². The molecule has 0 aliphatic carbocycles. The van der Waals surface area contributed by atoms with Gasteiger partial charge in [0.2, 0.25) is 0 Å². The smallest absolute Gasteiger partial charge is 0.270 e. The lowest BCUT2D eigenvalue weighted by molar-refractivity contribution is 0.0996. The Balaban J connectivity index is 1.88. The lowest BCUT2D eigenvalue weighted by Gasteiger charge is -2.17. The fourth-order valence-electron chi connectivity index (χ4n) is 2.28. The molecule has 0 atom stereocenters. The van der Waals surface area contributed by atoms with Gasteiger partial charge in [-0.3, -0.25) is 9.78 Å². The first-order valence-corrected chi connectivity index (χ1v) is 8.21. The van der Waals surface area contributed by atoms with Crippen molar-refractivity contribution in [1.82, 2.24) is 9.97 Å². The number of benzene rings is 1. The number of methoxy groups -OCH3 is 1. The number of carbonyl (C=O) groups is 1. The number of thiazole rings is 1. The van der Waals surface area contributed by atoms with E-state index in [9.17, 15) is 4.79 Å². The zero-order chi connectivity index (χ0) is 17.1. The van der Waals surface area contributed by atoms with Crippen LogP contribution in [0.15, 0.2) is 48.8 Å². The molecule has 0 radical (unpaired) electrons. The molecule has 1 amide bonds. The minimum Gasteiger partial charge on any atom is -0.497 e. The van der Waals surface area contributed by atoms with Gasteiger partial charge in [-0.2, -0.15) is 0 Å². The summed E-state index contributed by atoms with van der Waals surface area (Å²) in [6, 6.07) is 11.2. The molecule has 0 spiro atoms. The molecule has 0 bridgehead atoms. The minimum absolute atomic E-state index is 0.0784. The number of amides is 1. The van der Waals surface area contributed by atoms with Crippen LogP contribution in [0.2, 0.25) is 0 Å². The number of anilines is 1. The maximum absolute atomic E-state index is 12.8. The van der Waals surface area contributed by atoms with Crippen LogP contribution in [-0.4, -0.2) is 30.0 Å². The summed E-state index contributed by atoms with van der Waals surface area (Å²) in [7, 11) is 3.37. The lowest BCUT2D eigenvalue weighted by Crippen LogP contribution is -2.25. The van der Waals surface area contributed by atoms with Crippen LogP contribution in [-0.2, 0) is 0 Å². The van der Waals surface area contributed by atoms with E-state index in [2.05, 4.69) is 9.97 Å². The van der Waals surface area contributed by atoms with Crippen molar-refractivity contribution >= 4 is 22.9 Å². The molecule has 24 heavy (non-hydrogen) atoms. The van der Waals surface area contributed by atoms with Crippen molar-refractivity contribution < 1.29 is 9.53 Å². The van der Waals surface area contributed by atoms with Crippen LogP contribution in [0.5, 0.6) is 5.75 Å². The number of aromatic nitrogens is 2. The second-order valence-corrected chi connectivity index (χ2v) is 6.24. The Kier molecular flexibility index (Phi) is 4.57. The molecule has 0 saturated carbocycles. The fraction of sp³-hybridized carbons (Fsp3) is 0.167. The maximum Gasteiger partial charge on any atom is 0.270 e. The maximum atomic E-state index is 12.8. The van der Waals surface area contributed by atoms with E-state index in [0.29, 0.717) is 4.88 Å². The van der Waals surface area contributed by atoms with Crippen molar-refractivity contribution in [3.05, 3.63) is 59.4 Å². The molecule has 0 N–H and O–H groups in total. The summed E-state index contributed by atoms with van der Waals surface area (Å²) in [6.07, 6.45) is 3.47. The molecule has 2 aromatic heterocycles. The van der Waals surface area contributed by atoms with Gasteiger partial charge in [0.25, 0.3) is 5.91 Å². The average Bonchev–Trinajstić information content (AvgIpc) is 3.03. The molecular weight excluding hydrogens is 322 g/mol. The first-order chi connectivity index (χ1) is 11.6. The Hall–Kier alpha value is -2.73. The van der Waals surface area contributed by atoms with Crippen LogP contribution in [0.1, 0.15) is 15.4 Å². The summed E-state index contributed by atoms with van der Waals surface area (Å²) in [5.41, 5.74) is 2.44. The highest BCUT2D eigenvalue weighted by Gasteiger charge is 2.20. The minimum atomic E-state index is -0.0784. The molecule has 5 nitrogen and oxygen atoms in total. The van der Waals surface area contributed by atoms with Gasteiger partial charge in [-0.1, -0.05) is 0 Å². The molecule has 0 fully saturated rings. The summed E-state index contributed by atoms with van der Waals surface area (Å²) < 4.78 is 5.15. The van der Waals surface area contributed by atoms with Gasteiger partial charge >= 0.3 is 0 Å². The van der Waals surface area contributed by atoms with Gasteiger partial charge in [-0.15, -0.1) is 11.3 Å². The molecule has 122 valence electrons. The van der Waals surface area contributed by atoms with Gasteiger partial charge in [0.05, 0.1) is 12.8 Å². The van der Waals surface area contributed by atoms with E-state index in [1.54, 1.807) is 31.5 Å². The molecule has 0 unspecified atom stereocenters. The van der Waals surface area contributed by atoms with Crippen molar-refractivity contribution in [1.29, 1.82) is 0 Å².